The predicted octanol–water partition coefficient (Wildman–Crippen LogP) is 1.58. The number of rotatable bonds is 6. The van der Waals surface area contributed by atoms with Crippen LogP contribution in [-0.4, -0.2) is 27.9 Å². The fourth-order valence-electron chi connectivity index (χ4n) is 2.12. The Labute approximate surface area is 108 Å². The molecule has 0 bridgehead atoms. The lowest BCUT2D eigenvalue weighted by Crippen LogP contribution is -2.28. The van der Waals surface area contributed by atoms with E-state index in [1.54, 1.807) is 0 Å². The quantitative estimate of drug-likeness (QED) is 0.839. The summed E-state index contributed by atoms with van der Waals surface area (Å²) in [5.74, 6) is 0. The van der Waals surface area contributed by atoms with Crippen LogP contribution >= 0.6 is 0 Å². The zero-order chi connectivity index (χ0) is 12.8. The minimum absolute atomic E-state index is 0.488. The van der Waals surface area contributed by atoms with Gasteiger partial charge in [-0.05, 0) is 50.1 Å². The molecule has 0 aliphatic rings. The first-order valence-corrected chi connectivity index (χ1v) is 6.32. The monoisotopic (exact) mass is 244 g/mol. The van der Waals surface area contributed by atoms with Crippen LogP contribution in [0, 0.1) is 0 Å². The van der Waals surface area contributed by atoms with Gasteiger partial charge in [0.05, 0.1) is 0 Å². The van der Waals surface area contributed by atoms with Gasteiger partial charge in [-0.15, -0.1) is 0 Å². The summed E-state index contributed by atoms with van der Waals surface area (Å²) in [5.41, 5.74) is 2.61. The van der Waals surface area contributed by atoms with Gasteiger partial charge in [-0.1, -0.05) is 0 Å². The summed E-state index contributed by atoms with van der Waals surface area (Å²) in [5, 5.41) is 7.57. The lowest BCUT2D eigenvalue weighted by molar-refractivity contribution is 0.510. The fraction of sp³-hybridized carbons (Fsp3) is 0.429. The molecule has 0 aliphatic heterocycles. The first kappa shape index (κ1) is 12.8. The topological polar surface area (TPSA) is 42.7 Å². The highest BCUT2D eigenvalue weighted by Crippen LogP contribution is 2.08. The molecule has 2 aromatic rings. The van der Waals surface area contributed by atoms with Crippen LogP contribution in [0.15, 0.2) is 36.8 Å². The van der Waals surface area contributed by atoms with Gasteiger partial charge in [0.25, 0.3) is 0 Å². The van der Waals surface area contributed by atoms with E-state index in [1.165, 1.54) is 11.3 Å². The number of aryl methyl sites for hydroxylation is 2. The lowest BCUT2D eigenvalue weighted by atomic mass is 10.0. The van der Waals surface area contributed by atoms with Crippen molar-refractivity contribution < 1.29 is 0 Å². The van der Waals surface area contributed by atoms with Gasteiger partial charge in [-0.25, -0.2) is 0 Å². The number of hydrogen-bond donors (Lipinski definition) is 1. The maximum atomic E-state index is 4.19. The molecule has 0 aliphatic carbocycles. The largest absolute Gasteiger partial charge is 0.317 e. The molecule has 0 saturated carbocycles. The minimum Gasteiger partial charge on any atom is -0.317 e. The summed E-state index contributed by atoms with van der Waals surface area (Å²) in [6, 6.07) is 6.73. The van der Waals surface area contributed by atoms with Gasteiger partial charge in [0, 0.05) is 37.4 Å². The molecule has 4 nitrogen and oxygen atoms in total. The van der Waals surface area contributed by atoms with Gasteiger partial charge in [0.15, 0.2) is 0 Å². The van der Waals surface area contributed by atoms with Crippen molar-refractivity contribution in [3.63, 3.8) is 0 Å². The highest BCUT2D eigenvalue weighted by atomic mass is 15.2. The van der Waals surface area contributed by atoms with Crippen molar-refractivity contribution in [2.24, 2.45) is 7.05 Å². The van der Waals surface area contributed by atoms with Crippen LogP contribution in [0.2, 0.25) is 0 Å². The number of nitrogens with one attached hydrogen (secondary N) is 1. The maximum absolute atomic E-state index is 4.19. The summed E-state index contributed by atoms with van der Waals surface area (Å²) in [4.78, 5) is 4.04. The molecule has 2 heterocycles. The zero-order valence-corrected chi connectivity index (χ0v) is 11.0. The number of likely N-dealkylation sites (N-methyl/N-ethyl adjacent to an activating group) is 1. The van der Waals surface area contributed by atoms with Crippen molar-refractivity contribution in [1.82, 2.24) is 20.1 Å². The molecular weight excluding hydrogens is 224 g/mol. The van der Waals surface area contributed by atoms with Crippen molar-refractivity contribution in [2.45, 2.75) is 25.3 Å². The predicted molar refractivity (Wildman–Crippen MR) is 72.3 cm³/mol. The van der Waals surface area contributed by atoms with E-state index < -0.39 is 0 Å². The number of nitrogens with zero attached hydrogens (tertiary/aromatic N) is 3. The van der Waals surface area contributed by atoms with Crippen LogP contribution in [0.5, 0.6) is 0 Å². The number of pyridine rings is 1. The standard InChI is InChI=1S/C14H20N4/c1-15-13(11-12-5-8-16-9-6-12)3-4-14-7-10-17-18(14)2/h5-10,13,15H,3-4,11H2,1-2H3. The lowest BCUT2D eigenvalue weighted by Gasteiger charge is -2.16. The Morgan fingerprint density at radius 2 is 2.00 bits per heavy atom. The molecule has 96 valence electrons. The molecule has 0 spiro atoms. The summed E-state index contributed by atoms with van der Waals surface area (Å²) >= 11 is 0. The minimum atomic E-state index is 0.488. The molecular formula is C14H20N4. The number of hydrogen-bond acceptors (Lipinski definition) is 3. The van der Waals surface area contributed by atoms with Gasteiger partial charge < -0.3 is 5.32 Å². The smallest absolute Gasteiger partial charge is 0.0492 e. The second-order valence-electron chi connectivity index (χ2n) is 4.53. The van der Waals surface area contributed by atoms with E-state index in [2.05, 4.69) is 33.6 Å². The second kappa shape index (κ2) is 6.31. The summed E-state index contributed by atoms with van der Waals surface area (Å²) in [6.45, 7) is 0. The van der Waals surface area contributed by atoms with Crippen LogP contribution in [0.4, 0.5) is 0 Å². The normalized spacial score (nSPS) is 12.6. The van der Waals surface area contributed by atoms with E-state index in [9.17, 15) is 0 Å². The average Bonchev–Trinajstić information content (AvgIpc) is 2.81. The van der Waals surface area contributed by atoms with Crippen molar-refractivity contribution in [2.75, 3.05) is 7.05 Å². The Morgan fingerprint density at radius 3 is 2.61 bits per heavy atom. The van der Waals surface area contributed by atoms with Crippen molar-refractivity contribution in [3.05, 3.63) is 48.0 Å². The first-order chi connectivity index (χ1) is 8.79. The Hall–Kier alpha value is -1.68. The highest BCUT2D eigenvalue weighted by Gasteiger charge is 2.08. The summed E-state index contributed by atoms with van der Waals surface area (Å²) in [6.07, 6.45) is 8.75. The first-order valence-electron chi connectivity index (χ1n) is 6.32. The molecule has 0 fully saturated rings. The molecule has 4 heteroatoms. The third kappa shape index (κ3) is 3.40. The van der Waals surface area contributed by atoms with E-state index >= 15 is 0 Å². The van der Waals surface area contributed by atoms with E-state index in [0.29, 0.717) is 6.04 Å². The highest BCUT2D eigenvalue weighted by molar-refractivity contribution is 5.11. The SMILES string of the molecule is CNC(CCc1ccnn1C)Cc1ccncc1. The van der Waals surface area contributed by atoms with Crippen LogP contribution < -0.4 is 5.32 Å². The molecule has 0 saturated heterocycles. The Balaban J connectivity index is 1.88. The summed E-state index contributed by atoms with van der Waals surface area (Å²) in [7, 11) is 4.02. The molecule has 0 radical (unpaired) electrons. The van der Waals surface area contributed by atoms with Gasteiger partial charge >= 0.3 is 0 Å². The van der Waals surface area contributed by atoms with Gasteiger partial charge in [-0.2, -0.15) is 5.10 Å². The third-order valence-corrected chi connectivity index (χ3v) is 3.31. The van der Waals surface area contributed by atoms with Crippen LogP contribution in [0.3, 0.4) is 0 Å². The number of aromatic nitrogens is 3. The van der Waals surface area contributed by atoms with Crippen LogP contribution in [0.1, 0.15) is 17.7 Å². The van der Waals surface area contributed by atoms with Crippen molar-refractivity contribution in [1.29, 1.82) is 0 Å². The molecule has 2 aromatic heterocycles. The zero-order valence-electron chi connectivity index (χ0n) is 11.0. The third-order valence-electron chi connectivity index (χ3n) is 3.31. The molecule has 2 rings (SSSR count). The molecule has 1 N–H and O–H groups in total. The van der Waals surface area contributed by atoms with E-state index in [4.69, 9.17) is 0 Å². The van der Waals surface area contributed by atoms with Crippen molar-refractivity contribution >= 4 is 0 Å². The van der Waals surface area contributed by atoms with Crippen LogP contribution in [0.25, 0.3) is 0 Å². The fourth-order valence-corrected chi connectivity index (χ4v) is 2.12. The van der Waals surface area contributed by atoms with Gasteiger partial charge in [0.2, 0.25) is 0 Å². The van der Waals surface area contributed by atoms with E-state index in [0.717, 1.165) is 19.3 Å². The van der Waals surface area contributed by atoms with E-state index in [-0.39, 0.29) is 0 Å². The molecule has 0 amide bonds. The van der Waals surface area contributed by atoms with E-state index in [1.807, 2.05) is 37.4 Å². The molecule has 1 unspecified atom stereocenters. The Bertz CT molecular complexity index is 464. The second-order valence-corrected chi connectivity index (χ2v) is 4.53. The molecule has 18 heavy (non-hydrogen) atoms. The van der Waals surface area contributed by atoms with Crippen LogP contribution in [-0.2, 0) is 19.9 Å². The Kier molecular flexibility index (Phi) is 4.47. The maximum Gasteiger partial charge on any atom is 0.0492 e. The van der Waals surface area contributed by atoms with Gasteiger partial charge in [0.1, 0.15) is 0 Å². The summed E-state index contributed by atoms with van der Waals surface area (Å²) < 4.78 is 1.94. The molecule has 1 atom stereocenters. The Morgan fingerprint density at radius 1 is 1.22 bits per heavy atom. The van der Waals surface area contributed by atoms with Gasteiger partial charge in [-0.3, -0.25) is 9.67 Å². The average molecular weight is 244 g/mol. The van der Waals surface area contributed by atoms with Crippen molar-refractivity contribution in [3.8, 4) is 0 Å². The molecule has 0 aromatic carbocycles.